The second-order valence-electron chi connectivity index (χ2n) is 0.271. The monoisotopic (exact) mass is 589 g/mol. The van der Waals surface area contributed by atoms with Gasteiger partial charge in [-0.2, -0.15) is 0 Å². The fraction of sp³-hybridized carbons (Fsp3) is 0. The van der Waals surface area contributed by atoms with E-state index in [1.165, 1.54) is 0 Å². The number of hydrogen-bond acceptors (Lipinski definition) is 0. The molecule has 40 valence electrons. The molecule has 0 aromatic carbocycles. The zero-order valence-electron chi connectivity index (χ0n) is 3.83. The van der Waals surface area contributed by atoms with Crippen LogP contribution in [0.4, 0.5) is 0 Å². The molecule has 0 aliphatic carbocycles. The van der Waals surface area contributed by atoms with Crippen LogP contribution in [0.5, 0.6) is 0 Å². The molecule has 0 aromatic rings. The first-order chi connectivity index (χ1) is 2.00. The Hall–Kier alpha value is 5.88. The van der Waals surface area contributed by atoms with Gasteiger partial charge in [-0.25, -0.2) is 0 Å². The molecular weight excluding hydrogens is 593 g/mol. The predicted octanol–water partition coefficient (Wildman–Crippen LogP) is 2.62. The van der Waals surface area contributed by atoms with E-state index in [1.54, 1.807) is 0 Å². The van der Waals surface area contributed by atoms with Crippen molar-refractivity contribution in [3.63, 3.8) is 0 Å². The number of halogens is 4. The molecule has 0 rings (SSSR count). The van der Waals surface area contributed by atoms with Crippen LogP contribution in [0.25, 0.3) is 0 Å². The summed E-state index contributed by atoms with van der Waals surface area (Å²) in [6.45, 7) is 0. The van der Waals surface area contributed by atoms with Gasteiger partial charge in [-0.15, -0.1) is 0 Å². The van der Waals surface area contributed by atoms with E-state index in [2.05, 4.69) is 53.2 Å². The molecule has 0 atom stereocenters. The van der Waals surface area contributed by atoms with Gasteiger partial charge in [-0.3, -0.25) is 0 Å². The third-order valence-corrected chi connectivity index (χ3v) is 0. The minimum Gasteiger partial charge on any atom is 0 e. The first-order valence-corrected chi connectivity index (χ1v) is 20.3. The first kappa shape index (κ1) is 18.6. The van der Waals surface area contributed by atoms with E-state index in [0.29, 0.717) is 0 Å². The average Bonchev–Trinajstić information content (AvgIpc) is 0.722. The van der Waals surface area contributed by atoms with Crippen LogP contribution in [0.1, 0.15) is 0 Å². The molecule has 0 N–H and O–H groups in total. The van der Waals surface area contributed by atoms with E-state index < -0.39 is 7.84 Å². The summed E-state index contributed by atoms with van der Waals surface area (Å²) in [5.74, 6) is 0. The average molecular weight is 593 g/mol. The molecule has 0 nitrogen and oxygen atoms in total. The van der Waals surface area contributed by atoms with Crippen LogP contribution in [0, 0.1) is 0 Å². The van der Waals surface area contributed by atoms with Crippen molar-refractivity contribution in [2.24, 2.45) is 0 Å². The van der Waals surface area contributed by atoms with Gasteiger partial charge in [-0.1, -0.05) is 0 Å². The van der Waals surface area contributed by atoms with Crippen molar-refractivity contribution in [1.82, 2.24) is 0 Å². The van der Waals surface area contributed by atoms with Gasteiger partial charge in [0.25, 0.3) is 0 Å². The summed E-state index contributed by atoms with van der Waals surface area (Å²) >= 11 is 13.2. The number of hydrogen-bond donors (Lipinski definition) is 0. The Morgan fingerprint density at radius 2 is 0.714 bits per heavy atom. The van der Waals surface area contributed by atoms with Gasteiger partial charge >= 0.3 is 61.0 Å². The second-order valence-corrected chi connectivity index (χ2v) is 59.9. The van der Waals surface area contributed by atoms with Crippen molar-refractivity contribution in [3.8, 4) is 0 Å². The largest absolute Gasteiger partial charge is 0 e. The Labute approximate surface area is 158 Å². The Kier molecular flexibility index (Phi) is 26.5. The van der Waals surface area contributed by atoms with E-state index in [0.717, 1.165) is 0 Å². The van der Waals surface area contributed by atoms with Crippen LogP contribution in [0.15, 0.2) is 0 Å². The topological polar surface area (TPSA) is 0 Å². The molecule has 2 radical (unpaired) electrons. The van der Waals surface area contributed by atoms with E-state index in [4.69, 9.17) is 0 Å². The zero-order valence-corrected chi connectivity index (χ0v) is 18.7. The van der Waals surface area contributed by atoms with Gasteiger partial charge < -0.3 is 0 Å². The third-order valence-electron chi connectivity index (χ3n) is 0. The fourth-order valence-electron chi connectivity index (χ4n) is 0. The van der Waals surface area contributed by atoms with Crippen molar-refractivity contribution in [1.29, 1.82) is 0 Å². The van der Waals surface area contributed by atoms with Crippen molar-refractivity contribution in [2.75, 3.05) is 0 Å². The minimum atomic E-state index is -1.69. The molecule has 7 heteroatoms. The van der Waals surface area contributed by atoms with Gasteiger partial charge in [0.05, 0.1) is 0 Å². The minimum absolute atomic E-state index is 0. The predicted molar refractivity (Wildman–Crippen MR) is 47.2 cm³/mol. The summed E-state index contributed by atoms with van der Waals surface area (Å²) < 4.78 is 0. The molecule has 0 amide bonds. The molecule has 0 aliphatic rings. The Bertz CT molecular complexity index is 25.2. The van der Waals surface area contributed by atoms with E-state index in [1.807, 2.05) is 0 Å². The summed E-state index contributed by atoms with van der Waals surface area (Å²) in [5.41, 5.74) is 0. The van der Waals surface area contributed by atoms with Crippen molar-refractivity contribution >= 4 is 156 Å². The Morgan fingerprint density at radius 3 is 0.714 bits per heavy atom. The van der Waals surface area contributed by atoms with Crippen LogP contribution < -0.4 is 0 Å². The van der Waals surface area contributed by atoms with Crippen molar-refractivity contribution in [2.45, 2.75) is 0 Å². The molecular formula is Br4K2Pt. The second kappa shape index (κ2) is 9.97. The Morgan fingerprint density at radius 1 is 0.714 bits per heavy atom. The molecule has 0 aliphatic heterocycles. The van der Waals surface area contributed by atoms with E-state index in [9.17, 15) is 0 Å². The molecule has 0 spiro atoms. The van der Waals surface area contributed by atoms with Crippen molar-refractivity contribution in [3.05, 3.63) is 0 Å². The van der Waals surface area contributed by atoms with Crippen molar-refractivity contribution < 1.29 is 7.84 Å². The molecule has 0 bridgehead atoms. The van der Waals surface area contributed by atoms with Gasteiger partial charge in [0.1, 0.15) is 0 Å². The third kappa shape index (κ3) is 33.5. The maximum atomic E-state index is 3.31. The van der Waals surface area contributed by atoms with Gasteiger partial charge in [0, 0.05) is 103 Å². The smallest absolute Gasteiger partial charge is 0 e. The van der Waals surface area contributed by atoms with Gasteiger partial charge in [0.15, 0.2) is 0 Å². The van der Waals surface area contributed by atoms with Crippen LogP contribution in [0.3, 0.4) is 0 Å². The summed E-state index contributed by atoms with van der Waals surface area (Å²) in [6, 6.07) is 0. The van der Waals surface area contributed by atoms with Crippen LogP contribution >= 0.6 is 53.2 Å². The fourth-order valence-corrected chi connectivity index (χ4v) is 0. The summed E-state index contributed by atoms with van der Waals surface area (Å²) in [6.07, 6.45) is 0. The van der Waals surface area contributed by atoms with Crippen LogP contribution in [0.2, 0.25) is 0 Å². The summed E-state index contributed by atoms with van der Waals surface area (Å²) in [7, 11) is -1.69. The molecule has 0 heterocycles. The van der Waals surface area contributed by atoms with Gasteiger partial charge in [-0.05, 0) is 0 Å². The quantitative estimate of drug-likeness (QED) is 0.380. The molecule has 0 saturated heterocycles. The van der Waals surface area contributed by atoms with Gasteiger partial charge in [0.2, 0.25) is 0 Å². The molecule has 0 fully saturated rings. The Balaban J connectivity index is -0.0000000800. The number of rotatable bonds is 0. The normalized spacial score (nSPS) is 10.9. The SMILES string of the molecule is [Br][Pt]([Br])([Br])[Br].[K].[K]. The summed E-state index contributed by atoms with van der Waals surface area (Å²) in [5, 5.41) is 0. The van der Waals surface area contributed by atoms with E-state index in [-0.39, 0.29) is 103 Å². The maximum Gasteiger partial charge on any atom is 0 e. The zero-order chi connectivity index (χ0) is 4.50. The standard InChI is InChI=1S/4BrH.2K.Pt/h4*1H;;;/q;;;;;;+4/p-4. The molecule has 0 saturated carbocycles. The van der Waals surface area contributed by atoms with Crippen LogP contribution in [-0.2, 0) is 7.84 Å². The molecule has 7 heavy (non-hydrogen) atoms. The van der Waals surface area contributed by atoms with Crippen LogP contribution in [-0.4, -0.2) is 103 Å². The maximum absolute atomic E-state index is 3.31. The summed E-state index contributed by atoms with van der Waals surface area (Å²) in [4.78, 5) is 0. The molecule has 0 unspecified atom stereocenters. The molecule has 0 aromatic heterocycles. The first-order valence-electron chi connectivity index (χ1n) is 0.478. The van der Waals surface area contributed by atoms with E-state index >= 15 is 0 Å².